The van der Waals surface area contributed by atoms with E-state index >= 15 is 0 Å². The van der Waals surface area contributed by atoms with Gasteiger partial charge in [0.25, 0.3) is 5.56 Å². The average molecular weight is 450 g/mol. The lowest BCUT2D eigenvalue weighted by Gasteiger charge is -2.30. The molecule has 0 fully saturated rings. The molecule has 0 radical (unpaired) electrons. The van der Waals surface area contributed by atoms with E-state index in [1.807, 2.05) is 85.8 Å². The first-order valence-corrected chi connectivity index (χ1v) is 11.2. The number of fused-ring (bicyclic) bond motifs is 5. The molecule has 1 aliphatic rings. The maximum absolute atomic E-state index is 13.7. The molecule has 0 bridgehead atoms. The third kappa shape index (κ3) is 2.68. The molecule has 0 N–H and O–H groups in total. The highest BCUT2D eigenvalue weighted by atomic mass is 16.5. The first-order valence-electron chi connectivity index (χ1n) is 11.2. The summed E-state index contributed by atoms with van der Waals surface area (Å²) >= 11 is 0. The van der Waals surface area contributed by atoms with Gasteiger partial charge in [0.15, 0.2) is 6.10 Å². The van der Waals surface area contributed by atoms with Crippen LogP contribution in [0.3, 0.4) is 0 Å². The Morgan fingerprint density at radius 3 is 2.24 bits per heavy atom. The minimum absolute atomic E-state index is 0.317. The predicted molar refractivity (Wildman–Crippen MR) is 133 cm³/mol. The lowest BCUT2D eigenvalue weighted by molar-refractivity contribution is 0.229. The van der Waals surface area contributed by atoms with Gasteiger partial charge in [-0.3, -0.25) is 13.9 Å². The molecule has 1 aliphatic heterocycles. The molecule has 3 heterocycles. The molecule has 0 aliphatic carbocycles. The smallest absolute Gasteiger partial charge is 0.331 e. The van der Waals surface area contributed by atoms with Crippen molar-refractivity contribution >= 4 is 10.9 Å². The predicted octanol–water partition coefficient (Wildman–Crippen LogP) is 4.49. The van der Waals surface area contributed by atoms with Crippen LogP contribution in [0.15, 0.2) is 88.5 Å². The van der Waals surface area contributed by atoms with Crippen LogP contribution in [0.25, 0.3) is 27.8 Å². The fourth-order valence-corrected chi connectivity index (χ4v) is 5.06. The van der Waals surface area contributed by atoms with Crippen molar-refractivity contribution in [2.45, 2.75) is 13.0 Å². The van der Waals surface area contributed by atoms with Crippen LogP contribution in [0.2, 0.25) is 0 Å². The van der Waals surface area contributed by atoms with Crippen LogP contribution in [0.5, 0.6) is 5.75 Å². The third-order valence-electron chi connectivity index (χ3n) is 6.71. The molecule has 0 spiro atoms. The fraction of sp³-hybridized carbons (Fsp3) is 0.143. The van der Waals surface area contributed by atoms with Gasteiger partial charge in [-0.2, -0.15) is 0 Å². The van der Waals surface area contributed by atoms with Gasteiger partial charge in [0.2, 0.25) is 0 Å². The first kappa shape index (κ1) is 20.3. The van der Waals surface area contributed by atoms with Gasteiger partial charge in [-0.05, 0) is 30.2 Å². The van der Waals surface area contributed by atoms with Crippen molar-refractivity contribution in [3.05, 3.63) is 117 Å². The minimum Gasteiger partial charge on any atom is -0.477 e. The molecule has 1 atom stereocenters. The molecule has 6 rings (SSSR count). The Morgan fingerprint density at radius 1 is 0.794 bits per heavy atom. The number of rotatable bonds is 2. The summed E-state index contributed by atoms with van der Waals surface area (Å²) in [5, 5.41) is 0.509. The number of para-hydroxylation sites is 2. The van der Waals surface area contributed by atoms with E-state index in [1.54, 1.807) is 11.6 Å². The third-order valence-corrected chi connectivity index (χ3v) is 6.71. The van der Waals surface area contributed by atoms with Crippen LogP contribution in [-0.2, 0) is 14.1 Å². The van der Waals surface area contributed by atoms with Crippen molar-refractivity contribution in [2.75, 3.05) is 0 Å². The van der Waals surface area contributed by atoms with E-state index in [0.29, 0.717) is 10.9 Å². The molecule has 6 heteroatoms. The quantitative estimate of drug-likeness (QED) is 0.399. The second-order valence-electron chi connectivity index (χ2n) is 8.69. The SMILES string of the molecule is Cc1ccccc1-c1c2c(=O)n(C)c(=O)n(C)c2c2n1-c1ccccc1OC2c1ccccc1. The standard InChI is InChI=1S/C28H23N3O3/c1-17-11-7-8-14-19(17)23-22-24(29(2)28(33)30(3)27(22)32)25-26(18-12-5-4-6-13-18)34-21-16-10-9-15-20(21)31(23)25/h4-16,26H,1-3H3. The highest BCUT2D eigenvalue weighted by Gasteiger charge is 2.36. The van der Waals surface area contributed by atoms with Crippen molar-refractivity contribution in [1.29, 1.82) is 0 Å². The van der Waals surface area contributed by atoms with Crippen LogP contribution in [0.1, 0.15) is 22.9 Å². The van der Waals surface area contributed by atoms with Crippen LogP contribution in [-0.4, -0.2) is 13.7 Å². The Labute approximate surface area is 195 Å². The number of ether oxygens (including phenoxy) is 1. The number of hydrogen-bond donors (Lipinski definition) is 0. The molecule has 3 aromatic carbocycles. The second-order valence-corrected chi connectivity index (χ2v) is 8.69. The topological polar surface area (TPSA) is 58.2 Å². The lowest BCUT2D eigenvalue weighted by Crippen LogP contribution is -2.37. The van der Waals surface area contributed by atoms with Gasteiger partial charge in [0.05, 0.1) is 28.0 Å². The van der Waals surface area contributed by atoms with E-state index in [0.717, 1.165) is 39.5 Å². The summed E-state index contributed by atoms with van der Waals surface area (Å²) in [4.78, 5) is 26.7. The van der Waals surface area contributed by atoms with E-state index in [1.165, 1.54) is 11.6 Å². The van der Waals surface area contributed by atoms with E-state index in [2.05, 4.69) is 4.57 Å². The van der Waals surface area contributed by atoms with Crippen molar-refractivity contribution in [2.24, 2.45) is 14.1 Å². The Hall–Kier alpha value is -4.32. The van der Waals surface area contributed by atoms with Gasteiger partial charge in [-0.25, -0.2) is 4.79 Å². The Kier molecular flexibility index (Phi) is 4.39. The number of aromatic nitrogens is 3. The molecule has 168 valence electrons. The minimum atomic E-state index is -0.492. The summed E-state index contributed by atoms with van der Waals surface area (Å²) < 4.78 is 11.4. The second kappa shape index (κ2) is 7.35. The summed E-state index contributed by atoms with van der Waals surface area (Å²) in [5.74, 6) is 0.723. The van der Waals surface area contributed by atoms with Gasteiger partial charge >= 0.3 is 5.69 Å². The van der Waals surface area contributed by atoms with Crippen molar-refractivity contribution in [1.82, 2.24) is 13.7 Å². The first-order chi connectivity index (χ1) is 16.5. The summed E-state index contributed by atoms with van der Waals surface area (Å²) in [6.07, 6.45) is -0.492. The van der Waals surface area contributed by atoms with E-state index in [9.17, 15) is 9.59 Å². The Balaban J connectivity index is 1.90. The van der Waals surface area contributed by atoms with Crippen LogP contribution in [0.4, 0.5) is 0 Å². The zero-order valence-electron chi connectivity index (χ0n) is 19.1. The maximum Gasteiger partial charge on any atom is 0.331 e. The summed E-state index contributed by atoms with van der Waals surface area (Å²) in [6.45, 7) is 2.04. The van der Waals surface area contributed by atoms with E-state index in [4.69, 9.17) is 4.74 Å². The van der Waals surface area contributed by atoms with Crippen molar-refractivity contribution < 1.29 is 4.74 Å². The Bertz CT molecular complexity index is 1710. The molecule has 0 saturated heterocycles. The number of benzene rings is 3. The van der Waals surface area contributed by atoms with Crippen molar-refractivity contribution in [3.63, 3.8) is 0 Å². The molecule has 1 unspecified atom stereocenters. The zero-order valence-corrected chi connectivity index (χ0v) is 19.1. The van der Waals surface area contributed by atoms with Crippen LogP contribution < -0.4 is 16.0 Å². The largest absolute Gasteiger partial charge is 0.477 e. The molecule has 5 aromatic rings. The lowest BCUT2D eigenvalue weighted by atomic mass is 10.0. The van der Waals surface area contributed by atoms with E-state index < -0.39 is 6.10 Å². The van der Waals surface area contributed by atoms with Gasteiger partial charge < -0.3 is 9.30 Å². The average Bonchev–Trinajstić information content (AvgIpc) is 3.23. The van der Waals surface area contributed by atoms with Gasteiger partial charge in [0.1, 0.15) is 5.75 Å². The van der Waals surface area contributed by atoms with E-state index in [-0.39, 0.29) is 11.2 Å². The summed E-state index contributed by atoms with van der Waals surface area (Å²) in [7, 11) is 3.25. The van der Waals surface area contributed by atoms with Gasteiger partial charge in [0, 0.05) is 19.7 Å². The zero-order chi connectivity index (χ0) is 23.6. The maximum atomic E-state index is 13.7. The Morgan fingerprint density at radius 2 is 1.47 bits per heavy atom. The fourth-order valence-electron chi connectivity index (χ4n) is 5.06. The highest BCUT2D eigenvalue weighted by Crippen LogP contribution is 2.46. The molecule has 0 saturated carbocycles. The number of nitrogens with zero attached hydrogens (tertiary/aromatic N) is 3. The molecule has 2 aromatic heterocycles. The van der Waals surface area contributed by atoms with Crippen molar-refractivity contribution in [3.8, 4) is 22.7 Å². The van der Waals surface area contributed by atoms with Gasteiger partial charge in [-0.15, -0.1) is 0 Å². The summed E-state index contributed by atoms with van der Waals surface area (Å²) in [6, 6.07) is 25.8. The number of aryl methyl sites for hydroxylation is 2. The van der Waals surface area contributed by atoms with Crippen LogP contribution in [0, 0.1) is 6.92 Å². The van der Waals surface area contributed by atoms with Crippen LogP contribution >= 0.6 is 0 Å². The molecular weight excluding hydrogens is 426 g/mol. The number of hydrogen-bond acceptors (Lipinski definition) is 3. The molecule has 34 heavy (non-hydrogen) atoms. The van der Waals surface area contributed by atoms with Gasteiger partial charge in [-0.1, -0.05) is 66.7 Å². The monoisotopic (exact) mass is 449 g/mol. The molecule has 0 amide bonds. The molecule has 6 nitrogen and oxygen atoms in total. The normalized spacial score (nSPS) is 14.5. The highest BCUT2D eigenvalue weighted by molar-refractivity contribution is 5.98. The molecular formula is C28H23N3O3. The summed E-state index contributed by atoms with van der Waals surface area (Å²) in [5.41, 5.74) is 5.23.